The predicted octanol–water partition coefficient (Wildman–Crippen LogP) is 4.17. The fourth-order valence-corrected chi connectivity index (χ4v) is 3.82. The highest BCUT2D eigenvalue weighted by Gasteiger charge is 2.37. The number of rotatable bonds is 4. The monoisotopic (exact) mass is 481 g/mol. The first-order chi connectivity index (χ1) is 14.7. The third-order valence-electron chi connectivity index (χ3n) is 4.03. The lowest BCUT2D eigenvalue weighted by Crippen LogP contribution is -2.32. The molecule has 0 spiro atoms. The van der Waals surface area contributed by atoms with Gasteiger partial charge < -0.3 is 4.57 Å². The molecule has 3 rings (SSSR count). The highest BCUT2D eigenvalue weighted by atomic mass is 32.2. The zero-order valence-electron chi connectivity index (χ0n) is 15.4. The summed E-state index contributed by atoms with van der Waals surface area (Å²) < 4.78 is 118. The van der Waals surface area contributed by atoms with Crippen molar-refractivity contribution in [3.63, 3.8) is 0 Å². The van der Waals surface area contributed by atoms with E-state index in [1.165, 1.54) is 4.72 Å². The van der Waals surface area contributed by atoms with Crippen molar-refractivity contribution in [2.24, 2.45) is 0 Å². The normalized spacial score (nSPS) is 12.6. The molecule has 0 bridgehead atoms. The molecule has 1 heterocycles. The van der Waals surface area contributed by atoms with Crippen molar-refractivity contribution in [2.45, 2.75) is 17.2 Å². The van der Waals surface area contributed by atoms with Crippen molar-refractivity contribution in [1.82, 2.24) is 14.3 Å². The van der Waals surface area contributed by atoms with Gasteiger partial charge in [0.1, 0.15) is 17.8 Å². The van der Waals surface area contributed by atoms with E-state index in [4.69, 9.17) is 0 Å². The summed E-state index contributed by atoms with van der Waals surface area (Å²) in [6.45, 7) is 0. The Hall–Kier alpha value is -3.42. The second-order valence-corrected chi connectivity index (χ2v) is 7.94. The number of halogens is 7. The van der Waals surface area contributed by atoms with Crippen LogP contribution in [0.5, 0.6) is 0 Å². The van der Waals surface area contributed by atoms with Gasteiger partial charge in [-0.05, 0) is 30.3 Å². The molecular formula is C18H10F7N3O3S. The third kappa shape index (κ3) is 4.90. The summed E-state index contributed by atoms with van der Waals surface area (Å²) >= 11 is 0. The number of carbonyl (C=O) groups excluding carboxylic acids is 1. The number of carbonyl (C=O) groups is 1. The Bertz CT molecular complexity index is 1280. The van der Waals surface area contributed by atoms with Crippen molar-refractivity contribution in [3.8, 4) is 5.69 Å². The Labute approximate surface area is 175 Å². The van der Waals surface area contributed by atoms with Crippen LogP contribution in [0.3, 0.4) is 0 Å². The van der Waals surface area contributed by atoms with Crippen LogP contribution >= 0.6 is 0 Å². The number of benzene rings is 2. The van der Waals surface area contributed by atoms with Crippen LogP contribution in [-0.2, 0) is 22.4 Å². The molecule has 6 nitrogen and oxygen atoms in total. The molecule has 2 aromatic carbocycles. The van der Waals surface area contributed by atoms with Crippen LogP contribution in [0.1, 0.15) is 21.6 Å². The second-order valence-electron chi connectivity index (χ2n) is 6.29. The summed E-state index contributed by atoms with van der Waals surface area (Å²) in [4.78, 5) is 14.5. The molecule has 0 aliphatic carbocycles. The Balaban J connectivity index is 1.90. The van der Waals surface area contributed by atoms with Crippen LogP contribution in [-0.4, -0.2) is 23.9 Å². The molecule has 1 N–H and O–H groups in total. The summed E-state index contributed by atoms with van der Waals surface area (Å²) in [5.41, 5.74) is -3.87. The Morgan fingerprint density at radius 3 is 2.25 bits per heavy atom. The van der Waals surface area contributed by atoms with E-state index < -0.39 is 55.8 Å². The van der Waals surface area contributed by atoms with E-state index in [-0.39, 0.29) is 11.8 Å². The van der Waals surface area contributed by atoms with Crippen molar-refractivity contribution < 1.29 is 43.9 Å². The average molecular weight is 481 g/mol. The lowest BCUT2D eigenvalue weighted by molar-refractivity contribution is -0.140. The number of nitrogens with zero attached hydrogens (tertiary/aromatic N) is 2. The van der Waals surface area contributed by atoms with Gasteiger partial charge in [0.05, 0.1) is 16.0 Å². The van der Waals surface area contributed by atoms with Gasteiger partial charge >= 0.3 is 12.4 Å². The first kappa shape index (κ1) is 23.2. The lowest BCUT2D eigenvalue weighted by atomic mass is 10.2. The topological polar surface area (TPSA) is 81.1 Å². The van der Waals surface area contributed by atoms with Gasteiger partial charge in [0.15, 0.2) is 0 Å². The first-order valence-corrected chi connectivity index (χ1v) is 9.82. The molecule has 0 saturated carbocycles. The summed E-state index contributed by atoms with van der Waals surface area (Å²) in [5.74, 6) is -2.69. The van der Waals surface area contributed by atoms with E-state index in [2.05, 4.69) is 4.98 Å². The van der Waals surface area contributed by atoms with Gasteiger partial charge in [-0.3, -0.25) is 4.79 Å². The van der Waals surface area contributed by atoms with E-state index in [1.807, 2.05) is 0 Å². The number of nitrogens with one attached hydrogen (secondary N) is 1. The average Bonchev–Trinajstić information content (AvgIpc) is 3.16. The Morgan fingerprint density at radius 1 is 0.969 bits per heavy atom. The van der Waals surface area contributed by atoms with E-state index in [9.17, 15) is 43.9 Å². The molecule has 3 aromatic rings. The van der Waals surface area contributed by atoms with Crippen LogP contribution < -0.4 is 4.72 Å². The molecule has 32 heavy (non-hydrogen) atoms. The zero-order chi connectivity index (χ0) is 23.9. The molecule has 0 atom stereocenters. The van der Waals surface area contributed by atoms with Gasteiger partial charge in [-0.15, -0.1) is 0 Å². The first-order valence-electron chi connectivity index (χ1n) is 8.34. The van der Waals surface area contributed by atoms with Crippen molar-refractivity contribution in [2.75, 3.05) is 0 Å². The molecule has 0 saturated heterocycles. The van der Waals surface area contributed by atoms with Crippen LogP contribution in [0.15, 0.2) is 59.9 Å². The van der Waals surface area contributed by atoms with Crippen molar-refractivity contribution in [1.29, 1.82) is 0 Å². The van der Waals surface area contributed by atoms with Crippen LogP contribution in [0.4, 0.5) is 30.7 Å². The maximum Gasteiger partial charge on any atom is 0.417 e. The summed E-state index contributed by atoms with van der Waals surface area (Å²) in [6, 6.07) is 4.64. The SMILES string of the molecule is O=C(NS(=O)(=O)c1ccccc1C(F)(F)F)c1cn(-c2cc(F)cc(C(F)(F)F)c2)cn1. The molecule has 0 unspecified atom stereocenters. The van der Waals surface area contributed by atoms with Gasteiger partial charge in [-0.25, -0.2) is 22.5 Å². The number of hydrogen-bond donors (Lipinski definition) is 1. The number of imidazole rings is 1. The molecule has 1 aromatic heterocycles. The summed E-state index contributed by atoms with van der Waals surface area (Å²) in [7, 11) is -4.99. The van der Waals surface area contributed by atoms with Gasteiger partial charge in [0.2, 0.25) is 0 Å². The Kier molecular flexibility index (Phi) is 5.76. The standard InChI is InChI=1S/C18H10F7N3O3S/c19-11-5-10(17(20,21)22)6-12(7-11)28-8-14(26-9-28)16(29)27-32(30,31)15-4-2-1-3-13(15)18(23,24)25/h1-9H,(H,27,29). The molecule has 0 aliphatic rings. The highest BCUT2D eigenvalue weighted by molar-refractivity contribution is 7.90. The van der Waals surface area contributed by atoms with Gasteiger partial charge in [0.25, 0.3) is 15.9 Å². The molecule has 14 heteroatoms. The number of amides is 1. The minimum atomic E-state index is -5.02. The second kappa shape index (κ2) is 7.93. The largest absolute Gasteiger partial charge is 0.417 e. The maximum atomic E-state index is 13.6. The molecule has 0 aliphatic heterocycles. The van der Waals surface area contributed by atoms with Crippen LogP contribution in [0, 0.1) is 5.82 Å². The minimum Gasteiger partial charge on any atom is -0.305 e. The minimum absolute atomic E-state index is 0.249. The quantitative estimate of drug-likeness (QED) is 0.568. The van der Waals surface area contributed by atoms with E-state index >= 15 is 0 Å². The summed E-state index contributed by atoms with van der Waals surface area (Å²) in [5, 5.41) is 0. The Morgan fingerprint density at radius 2 is 1.62 bits per heavy atom. The fraction of sp³-hybridized carbons (Fsp3) is 0.111. The zero-order valence-corrected chi connectivity index (χ0v) is 16.2. The highest BCUT2D eigenvalue weighted by Crippen LogP contribution is 2.34. The van der Waals surface area contributed by atoms with E-state index in [0.717, 1.165) is 29.2 Å². The maximum absolute atomic E-state index is 13.6. The third-order valence-corrected chi connectivity index (χ3v) is 5.42. The predicted molar refractivity (Wildman–Crippen MR) is 94.6 cm³/mol. The van der Waals surface area contributed by atoms with Crippen molar-refractivity contribution >= 4 is 15.9 Å². The van der Waals surface area contributed by atoms with Crippen LogP contribution in [0.25, 0.3) is 5.69 Å². The van der Waals surface area contributed by atoms with Gasteiger partial charge in [-0.1, -0.05) is 12.1 Å². The fourth-order valence-electron chi connectivity index (χ4n) is 2.63. The summed E-state index contributed by atoms with van der Waals surface area (Å²) in [6.07, 6.45) is -8.29. The number of sulfonamides is 1. The number of hydrogen-bond acceptors (Lipinski definition) is 4. The number of alkyl halides is 6. The molecule has 0 radical (unpaired) electrons. The van der Waals surface area contributed by atoms with Gasteiger partial charge in [0, 0.05) is 11.9 Å². The molecule has 0 fully saturated rings. The van der Waals surface area contributed by atoms with Crippen LogP contribution in [0.2, 0.25) is 0 Å². The van der Waals surface area contributed by atoms with Gasteiger partial charge in [-0.2, -0.15) is 26.3 Å². The molecular weight excluding hydrogens is 471 g/mol. The number of aromatic nitrogens is 2. The molecule has 170 valence electrons. The van der Waals surface area contributed by atoms with E-state index in [0.29, 0.717) is 24.3 Å². The molecule has 1 amide bonds. The van der Waals surface area contributed by atoms with E-state index in [1.54, 1.807) is 0 Å². The lowest BCUT2D eigenvalue weighted by Gasteiger charge is -2.13. The smallest absolute Gasteiger partial charge is 0.305 e. The van der Waals surface area contributed by atoms with Crippen molar-refractivity contribution in [3.05, 3.63) is 77.6 Å².